The van der Waals surface area contributed by atoms with Crippen LogP contribution in [0, 0.1) is 0 Å². The zero-order valence-corrected chi connectivity index (χ0v) is 14.4. The molecule has 0 bridgehead atoms. The van der Waals surface area contributed by atoms with Crippen molar-refractivity contribution >= 4 is 11.6 Å². The molecule has 4 rings (SSSR count). The summed E-state index contributed by atoms with van der Waals surface area (Å²) in [6, 6.07) is 7.03. The van der Waals surface area contributed by atoms with Crippen molar-refractivity contribution in [2.75, 3.05) is 20.2 Å². The fraction of sp³-hybridized carbons (Fsp3) is 0.316. The van der Waals surface area contributed by atoms with Gasteiger partial charge in [0.1, 0.15) is 22.8 Å². The van der Waals surface area contributed by atoms with Gasteiger partial charge in [-0.05, 0) is 12.1 Å². The second-order valence-corrected chi connectivity index (χ2v) is 6.44. The Morgan fingerprint density at radius 3 is 2.77 bits per heavy atom. The third kappa shape index (κ3) is 2.79. The minimum absolute atomic E-state index is 0.143. The number of pyridine rings is 2. The van der Waals surface area contributed by atoms with Crippen molar-refractivity contribution in [3.63, 3.8) is 0 Å². The molecule has 0 radical (unpaired) electrons. The van der Waals surface area contributed by atoms with E-state index in [1.807, 2.05) is 0 Å². The molecule has 3 aromatic heterocycles. The van der Waals surface area contributed by atoms with Crippen LogP contribution in [0.2, 0.25) is 0 Å². The summed E-state index contributed by atoms with van der Waals surface area (Å²) >= 11 is 0. The predicted octanol–water partition coefficient (Wildman–Crippen LogP) is 2.84. The van der Waals surface area contributed by atoms with Gasteiger partial charge in [0, 0.05) is 56.2 Å². The standard InChI is InChI=1S/C19H19FN4O2/c1-26-15-4-8-24-16(13-22-17(24)11-15)18(25)23-9-5-19(20,6-10-23)14-3-2-7-21-12-14/h2-4,7-8,11-13H,5-6,9-10H2,1H3. The van der Waals surface area contributed by atoms with E-state index in [1.165, 1.54) is 0 Å². The maximum Gasteiger partial charge on any atom is 0.272 e. The summed E-state index contributed by atoms with van der Waals surface area (Å²) < 4.78 is 22.1. The van der Waals surface area contributed by atoms with E-state index in [1.54, 1.807) is 65.5 Å². The number of methoxy groups -OCH3 is 1. The highest BCUT2D eigenvalue weighted by Gasteiger charge is 2.38. The van der Waals surface area contributed by atoms with Crippen LogP contribution >= 0.6 is 0 Å². The summed E-state index contributed by atoms with van der Waals surface area (Å²) in [6.07, 6.45) is 7.02. The quantitative estimate of drug-likeness (QED) is 0.726. The number of carbonyl (C=O) groups excluding carboxylic acids is 1. The fourth-order valence-electron chi connectivity index (χ4n) is 3.39. The minimum Gasteiger partial charge on any atom is -0.497 e. The van der Waals surface area contributed by atoms with Gasteiger partial charge in [0.05, 0.1) is 13.3 Å². The first-order valence-electron chi connectivity index (χ1n) is 8.50. The van der Waals surface area contributed by atoms with Crippen LogP contribution in [0.4, 0.5) is 4.39 Å². The van der Waals surface area contributed by atoms with Crippen LogP contribution in [0.3, 0.4) is 0 Å². The van der Waals surface area contributed by atoms with Crippen molar-refractivity contribution in [1.82, 2.24) is 19.3 Å². The number of rotatable bonds is 3. The molecule has 1 aliphatic heterocycles. The number of nitrogens with zero attached hydrogens (tertiary/aromatic N) is 4. The first kappa shape index (κ1) is 16.5. The first-order valence-corrected chi connectivity index (χ1v) is 8.50. The molecule has 1 fully saturated rings. The van der Waals surface area contributed by atoms with Crippen LogP contribution in [0.1, 0.15) is 28.9 Å². The molecule has 0 unspecified atom stereocenters. The molecule has 3 aromatic rings. The number of amides is 1. The van der Waals surface area contributed by atoms with Crippen LogP contribution in [-0.4, -0.2) is 45.4 Å². The molecule has 0 spiro atoms. The lowest BCUT2D eigenvalue weighted by atomic mass is 9.87. The van der Waals surface area contributed by atoms with Gasteiger partial charge in [0.2, 0.25) is 0 Å². The third-order valence-corrected chi connectivity index (χ3v) is 4.96. The number of likely N-dealkylation sites (tertiary alicyclic amines) is 1. The van der Waals surface area contributed by atoms with E-state index in [-0.39, 0.29) is 18.7 Å². The molecule has 1 saturated heterocycles. The van der Waals surface area contributed by atoms with Gasteiger partial charge >= 0.3 is 0 Å². The van der Waals surface area contributed by atoms with Crippen molar-refractivity contribution in [2.45, 2.75) is 18.5 Å². The monoisotopic (exact) mass is 354 g/mol. The molecule has 0 atom stereocenters. The van der Waals surface area contributed by atoms with Gasteiger partial charge in [-0.15, -0.1) is 0 Å². The van der Waals surface area contributed by atoms with Gasteiger partial charge in [-0.2, -0.15) is 0 Å². The largest absolute Gasteiger partial charge is 0.497 e. The Hall–Kier alpha value is -2.96. The Labute approximate surface area is 150 Å². The first-order chi connectivity index (χ1) is 12.6. The van der Waals surface area contributed by atoms with Crippen molar-refractivity contribution in [3.8, 4) is 5.75 Å². The second-order valence-electron chi connectivity index (χ2n) is 6.44. The Morgan fingerprint density at radius 2 is 2.08 bits per heavy atom. The Morgan fingerprint density at radius 1 is 1.27 bits per heavy atom. The van der Waals surface area contributed by atoms with E-state index < -0.39 is 5.67 Å². The molecule has 0 saturated carbocycles. The summed E-state index contributed by atoms with van der Waals surface area (Å²) in [5.74, 6) is 0.537. The highest BCUT2D eigenvalue weighted by molar-refractivity contribution is 5.93. The van der Waals surface area contributed by atoms with Crippen molar-refractivity contribution in [1.29, 1.82) is 0 Å². The zero-order valence-electron chi connectivity index (χ0n) is 14.4. The van der Waals surface area contributed by atoms with E-state index >= 15 is 4.39 Å². The zero-order chi connectivity index (χ0) is 18.1. The molecule has 1 amide bonds. The van der Waals surface area contributed by atoms with Crippen LogP contribution in [0.5, 0.6) is 5.75 Å². The Balaban J connectivity index is 1.52. The van der Waals surface area contributed by atoms with Gasteiger partial charge < -0.3 is 9.64 Å². The molecule has 134 valence electrons. The molecular formula is C19H19FN4O2. The number of halogens is 1. The SMILES string of the molecule is COc1ccn2c(C(=O)N3CCC(F)(c4cccnc4)CC3)cnc2c1. The second kappa shape index (κ2) is 6.40. The summed E-state index contributed by atoms with van der Waals surface area (Å²) in [5, 5.41) is 0. The lowest BCUT2D eigenvalue weighted by Gasteiger charge is -2.36. The van der Waals surface area contributed by atoms with Crippen LogP contribution < -0.4 is 4.74 Å². The fourth-order valence-corrected chi connectivity index (χ4v) is 3.39. The Kier molecular flexibility index (Phi) is 4.06. The highest BCUT2D eigenvalue weighted by atomic mass is 19.1. The maximum atomic E-state index is 15.2. The van der Waals surface area contributed by atoms with E-state index in [0.29, 0.717) is 35.7 Å². The number of hydrogen-bond acceptors (Lipinski definition) is 4. The molecular weight excluding hydrogens is 335 g/mol. The number of imidazole rings is 1. The smallest absolute Gasteiger partial charge is 0.272 e. The van der Waals surface area contributed by atoms with E-state index in [9.17, 15) is 4.79 Å². The van der Waals surface area contributed by atoms with Gasteiger partial charge in [0.25, 0.3) is 5.91 Å². The number of hydrogen-bond donors (Lipinski definition) is 0. The van der Waals surface area contributed by atoms with Gasteiger partial charge in [-0.3, -0.25) is 14.2 Å². The summed E-state index contributed by atoms with van der Waals surface area (Å²) in [4.78, 5) is 22.8. The van der Waals surface area contributed by atoms with Gasteiger partial charge in [0.15, 0.2) is 0 Å². The molecule has 7 heteroatoms. The molecule has 26 heavy (non-hydrogen) atoms. The number of alkyl halides is 1. The molecule has 0 N–H and O–H groups in total. The third-order valence-electron chi connectivity index (χ3n) is 4.96. The van der Waals surface area contributed by atoms with Crippen LogP contribution in [-0.2, 0) is 5.67 Å². The van der Waals surface area contributed by atoms with Crippen molar-refractivity contribution < 1.29 is 13.9 Å². The molecule has 0 aromatic carbocycles. The van der Waals surface area contributed by atoms with Gasteiger partial charge in [-0.25, -0.2) is 9.37 Å². The molecule has 0 aliphatic carbocycles. The van der Waals surface area contributed by atoms with E-state index in [0.717, 1.165) is 0 Å². The number of carbonyl (C=O) groups is 1. The molecule has 4 heterocycles. The van der Waals surface area contributed by atoms with Crippen molar-refractivity contribution in [3.05, 3.63) is 60.3 Å². The van der Waals surface area contributed by atoms with Crippen LogP contribution in [0.15, 0.2) is 49.1 Å². The number of fused-ring (bicyclic) bond motifs is 1. The van der Waals surface area contributed by atoms with E-state index in [4.69, 9.17) is 4.74 Å². The van der Waals surface area contributed by atoms with E-state index in [2.05, 4.69) is 9.97 Å². The highest BCUT2D eigenvalue weighted by Crippen LogP contribution is 2.36. The summed E-state index contributed by atoms with van der Waals surface area (Å²) in [5.41, 5.74) is 0.252. The lowest BCUT2D eigenvalue weighted by Crippen LogP contribution is -2.43. The summed E-state index contributed by atoms with van der Waals surface area (Å²) in [7, 11) is 1.58. The number of aromatic nitrogens is 3. The van der Waals surface area contributed by atoms with Crippen LogP contribution in [0.25, 0.3) is 5.65 Å². The lowest BCUT2D eigenvalue weighted by molar-refractivity contribution is 0.0415. The average molecular weight is 354 g/mol. The topological polar surface area (TPSA) is 59.7 Å². The van der Waals surface area contributed by atoms with Gasteiger partial charge in [-0.1, -0.05) is 6.07 Å². The molecule has 6 nitrogen and oxygen atoms in total. The predicted molar refractivity (Wildman–Crippen MR) is 93.9 cm³/mol. The maximum absolute atomic E-state index is 15.2. The Bertz CT molecular complexity index is 933. The average Bonchev–Trinajstić information content (AvgIpc) is 3.12. The number of piperidine rings is 1. The molecule has 1 aliphatic rings. The number of ether oxygens (including phenoxy) is 1. The van der Waals surface area contributed by atoms with Crippen molar-refractivity contribution in [2.24, 2.45) is 0 Å². The normalized spacial score (nSPS) is 16.6. The minimum atomic E-state index is -1.43. The summed E-state index contributed by atoms with van der Waals surface area (Å²) in [6.45, 7) is 0.710.